The molecule has 1 N–H and O–H groups in total. The van der Waals surface area contributed by atoms with Crippen LogP contribution < -0.4 is 15.1 Å². The standard InChI is InChI=1S/C23H24ClFN4/c24-18-2-1-3-21(13-18)28-8-10-29(11-9-28)23-17(15-26-20-6-7-20)12-16-4-5-19(25)14-22(16)27-23/h1-5,12-14,20,26H,6-11,15H2. The average molecular weight is 411 g/mol. The highest BCUT2D eigenvalue weighted by Gasteiger charge is 2.24. The summed E-state index contributed by atoms with van der Waals surface area (Å²) in [5.41, 5.74) is 3.06. The van der Waals surface area contributed by atoms with Gasteiger partial charge in [0.25, 0.3) is 0 Å². The summed E-state index contributed by atoms with van der Waals surface area (Å²) in [6, 6.07) is 15.7. The van der Waals surface area contributed by atoms with E-state index in [1.165, 1.54) is 30.5 Å². The molecule has 0 amide bonds. The Labute approximate surface area is 175 Å². The van der Waals surface area contributed by atoms with E-state index in [1.807, 2.05) is 24.3 Å². The zero-order valence-corrected chi connectivity index (χ0v) is 17.0. The van der Waals surface area contributed by atoms with Crippen LogP contribution in [0.1, 0.15) is 18.4 Å². The number of pyridine rings is 1. The van der Waals surface area contributed by atoms with Gasteiger partial charge in [-0.15, -0.1) is 0 Å². The van der Waals surface area contributed by atoms with Gasteiger partial charge in [0.15, 0.2) is 0 Å². The maximum atomic E-state index is 13.8. The fourth-order valence-electron chi connectivity index (χ4n) is 3.97. The van der Waals surface area contributed by atoms with Crippen LogP contribution in [-0.2, 0) is 6.54 Å². The van der Waals surface area contributed by atoms with E-state index in [9.17, 15) is 4.39 Å². The highest BCUT2D eigenvalue weighted by Crippen LogP contribution is 2.28. The normalized spacial score (nSPS) is 17.2. The summed E-state index contributed by atoms with van der Waals surface area (Å²) < 4.78 is 13.8. The topological polar surface area (TPSA) is 31.4 Å². The fourth-order valence-corrected chi connectivity index (χ4v) is 4.15. The van der Waals surface area contributed by atoms with E-state index in [2.05, 4.69) is 27.2 Å². The first-order valence-electron chi connectivity index (χ1n) is 10.2. The molecular weight excluding hydrogens is 387 g/mol. The minimum atomic E-state index is -0.245. The second-order valence-electron chi connectivity index (χ2n) is 7.92. The summed E-state index contributed by atoms with van der Waals surface area (Å²) in [5.74, 6) is 0.729. The third-order valence-corrected chi connectivity index (χ3v) is 5.98. The Kier molecular flexibility index (Phi) is 5.02. The Hall–Kier alpha value is -2.37. The maximum Gasteiger partial charge on any atom is 0.133 e. The van der Waals surface area contributed by atoms with E-state index in [-0.39, 0.29) is 5.82 Å². The van der Waals surface area contributed by atoms with Crippen molar-refractivity contribution < 1.29 is 4.39 Å². The molecule has 0 bridgehead atoms. The van der Waals surface area contributed by atoms with Gasteiger partial charge in [0, 0.05) is 66.5 Å². The molecule has 5 rings (SSSR count). The van der Waals surface area contributed by atoms with Crippen LogP contribution in [0.3, 0.4) is 0 Å². The average Bonchev–Trinajstić information content (AvgIpc) is 3.56. The van der Waals surface area contributed by atoms with E-state index in [4.69, 9.17) is 16.6 Å². The molecule has 1 aliphatic carbocycles. The highest BCUT2D eigenvalue weighted by molar-refractivity contribution is 6.30. The molecule has 0 radical (unpaired) electrons. The molecule has 4 nitrogen and oxygen atoms in total. The van der Waals surface area contributed by atoms with Crippen molar-refractivity contribution in [2.45, 2.75) is 25.4 Å². The second-order valence-corrected chi connectivity index (χ2v) is 8.35. The number of fused-ring (bicyclic) bond motifs is 1. The summed E-state index contributed by atoms with van der Waals surface area (Å²) >= 11 is 6.16. The van der Waals surface area contributed by atoms with Crippen LogP contribution in [0.25, 0.3) is 10.9 Å². The Morgan fingerprint density at radius 1 is 1.00 bits per heavy atom. The number of halogens is 2. The van der Waals surface area contributed by atoms with Crippen molar-refractivity contribution in [3.63, 3.8) is 0 Å². The summed E-state index contributed by atoms with van der Waals surface area (Å²) in [6.45, 7) is 4.35. The second kappa shape index (κ2) is 7.81. The molecule has 1 saturated carbocycles. The third kappa shape index (κ3) is 4.16. The lowest BCUT2D eigenvalue weighted by Gasteiger charge is -2.37. The van der Waals surface area contributed by atoms with Gasteiger partial charge in [0.2, 0.25) is 0 Å². The van der Waals surface area contributed by atoms with Crippen molar-refractivity contribution in [2.24, 2.45) is 0 Å². The van der Waals surface area contributed by atoms with E-state index in [0.717, 1.165) is 54.6 Å². The molecule has 1 aliphatic heterocycles. The van der Waals surface area contributed by atoms with Gasteiger partial charge < -0.3 is 15.1 Å². The molecule has 2 fully saturated rings. The van der Waals surface area contributed by atoms with Crippen molar-refractivity contribution in [1.82, 2.24) is 10.3 Å². The summed E-state index contributed by atoms with van der Waals surface area (Å²) in [4.78, 5) is 9.56. The molecule has 6 heteroatoms. The van der Waals surface area contributed by atoms with E-state index >= 15 is 0 Å². The zero-order valence-electron chi connectivity index (χ0n) is 16.2. The molecule has 0 atom stereocenters. The zero-order chi connectivity index (χ0) is 19.8. The van der Waals surface area contributed by atoms with Crippen molar-refractivity contribution >= 4 is 34.0 Å². The predicted octanol–water partition coefficient (Wildman–Crippen LogP) is 4.61. The monoisotopic (exact) mass is 410 g/mol. The number of piperazine rings is 1. The quantitative estimate of drug-likeness (QED) is 0.665. The first kappa shape index (κ1) is 18.6. The maximum absolute atomic E-state index is 13.8. The van der Waals surface area contributed by atoms with Crippen molar-refractivity contribution in [3.05, 3.63) is 64.9 Å². The molecule has 0 spiro atoms. The van der Waals surface area contributed by atoms with Crippen LogP contribution in [0.4, 0.5) is 15.9 Å². The molecule has 0 unspecified atom stereocenters. The lowest BCUT2D eigenvalue weighted by atomic mass is 10.1. The van der Waals surface area contributed by atoms with Crippen molar-refractivity contribution in [1.29, 1.82) is 0 Å². The number of aromatic nitrogens is 1. The van der Waals surface area contributed by atoms with Crippen LogP contribution in [0.15, 0.2) is 48.5 Å². The Bertz CT molecular complexity index is 1030. The summed E-state index contributed by atoms with van der Waals surface area (Å²) in [5, 5.41) is 5.35. The lowest BCUT2D eigenvalue weighted by Crippen LogP contribution is -2.47. The first-order chi connectivity index (χ1) is 14.2. The number of nitrogens with zero attached hydrogens (tertiary/aromatic N) is 3. The highest BCUT2D eigenvalue weighted by atomic mass is 35.5. The Morgan fingerprint density at radius 2 is 1.79 bits per heavy atom. The summed E-state index contributed by atoms with van der Waals surface area (Å²) in [6.07, 6.45) is 2.50. The molecule has 3 aromatic rings. The first-order valence-corrected chi connectivity index (χ1v) is 10.6. The third-order valence-electron chi connectivity index (χ3n) is 5.75. The molecule has 2 aromatic carbocycles. The number of nitrogens with one attached hydrogen (secondary N) is 1. The van der Waals surface area contributed by atoms with Crippen LogP contribution in [0.2, 0.25) is 5.02 Å². The Balaban J connectivity index is 1.40. The van der Waals surface area contributed by atoms with Crippen molar-refractivity contribution in [3.8, 4) is 0 Å². The minimum absolute atomic E-state index is 0.245. The number of benzene rings is 2. The van der Waals surface area contributed by atoms with Gasteiger partial charge in [-0.1, -0.05) is 17.7 Å². The lowest BCUT2D eigenvalue weighted by molar-refractivity contribution is 0.628. The SMILES string of the molecule is Fc1ccc2cc(CNC3CC3)c(N3CCN(c4cccc(Cl)c4)CC3)nc2c1. The molecular formula is C23H24ClFN4. The van der Waals surface area contributed by atoms with Gasteiger partial charge in [0.05, 0.1) is 5.52 Å². The molecule has 1 saturated heterocycles. The summed E-state index contributed by atoms with van der Waals surface area (Å²) in [7, 11) is 0. The van der Waals surface area contributed by atoms with Crippen molar-refractivity contribution in [2.75, 3.05) is 36.0 Å². The van der Waals surface area contributed by atoms with Gasteiger partial charge in [-0.2, -0.15) is 0 Å². The van der Waals surface area contributed by atoms with E-state index in [1.54, 1.807) is 0 Å². The van der Waals surface area contributed by atoms with E-state index in [0.29, 0.717) is 11.6 Å². The van der Waals surface area contributed by atoms with Crippen LogP contribution in [0.5, 0.6) is 0 Å². The van der Waals surface area contributed by atoms with Crippen LogP contribution in [0, 0.1) is 5.82 Å². The van der Waals surface area contributed by atoms with Gasteiger partial charge in [-0.25, -0.2) is 9.37 Å². The molecule has 29 heavy (non-hydrogen) atoms. The molecule has 150 valence electrons. The fraction of sp³-hybridized carbons (Fsp3) is 0.348. The number of hydrogen-bond donors (Lipinski definition) is 1. The van der Waals surface area contributed by atoms with Gasteiger partial charge in [-0.05, 0) is 49.2 Å². The molecule has 1 aromatic heterocycles. The number of rotatable bonds is 5. The molecule has 2 heterocycles. The smallest absolute Gasteiger partial charge is 0.133 e. The number of anilines is 2. The van der Waals surface area contributed by atoms with Gasteiger partial charge >= 0.3 is 0 Å². The van der Waals surface area contributed by atoms with Gasteiger partial charge in [0.1, 0.15) is 11.6 Å². The largest absolute Gasteiger partial charge is 0.368 e. The number of hydrogen-bond acceptors (Lipinski definition) is 4. The van der Waals surface area contributed by atoms with Gasteiger partial charge in [-0.3, -0.25) is 0 Å². The van der Waals surface area contributed by atoms with Crippen LogP contribution >= 0.6 is 11.6 Å². The minimum Gasteiger partial charge on any atom is -0.368 e. The molecule has 2 aliphatic rings. The van der Waals surface area contributed by atoms with E-state index < -0.39 is 0 Å². The Morgan fingerprint density at radius 3 is 2.55 bits per heavy atom. The predicted molar refractivity (Wildman–Crippen MR) is 117 cm³/mol. The van der Waals surface area contributed by atoms with Crippen LogP contribution in [-0.4, -0.2) is 37.2 Å².